The van der Waals surface area contributed by atoms with E-state index < -0.39 is 0 Å². The third-order valence-corrected chi connectivity index (χ3v) is 4.86. The van der Waals surface area contributed by atoms with Crippen LogP contribution in [0.25, 0.3) is 0 Å². The predicted octanol–water partition coefficient (Wildman–Crippen LogP) is 1.80. The Morgan fingerprint density at radius 2 is 1.70 bits per heavy atom. The number of nitrogens with one attached hydrogen (secondary N) is 1. The Labute approximate surface area is 125 Å². The van der Waals surface area contributed by atoms with Crippen molar-refractivity contribution >= 4 is 0 Å². The smallest absolute Gasteiger partial charge is 0.0598 e. The van der Waals surface area contributed by atoms with Gasteiger partial charge in [-0.3, -0.25) is 4.90 Å². The molecule has 20 heavy (non-hydrogen) atoms. The maximum atomic E-state index is 5.36. The molecule has 2 fully saturated rings. The van der Waals surface area contributed by atoms with Gasteiger partial charge in [-0.15, -0.1) is 6.42 Å². The van der Waals surface area contributed by atoms with Crippen LogP contribution in [0.5, 0.6) is 0 Å². The topological polar surface area (TPSA) is 18.5 Å². The number of hydrogen-bond acceptors (Lipinski definition) is 3. The molecule has 0 saturated carbocycles. The molecule has 0 unspecified atom stereocenters. The summed E-state index contributed by atoms with van der Waals surface area (Å²) in [5, 5.41) is 3.73. The van der Waals surface area contributed by atoms with Gasteiger partial charge < -0.3 is 10.2 Å². The van der Waals surface area contributed by atoms with Gasteiger partial charge in [-0.1, -0.05) is 12.8 Å². The number of likely N-dealkylation sites (tertiary alicyclic amines) is 2. The minimum Gasteiger partial charge on any atom is -0.314 e. The van der Waals surface area contributed by atoms with Crippen molar-refractivity contribution in [3.63, 3.8) is 0 Å². The van der Waals surface area contributed by atoms with Crippen LogP contribution in [0.15, 0.2) is 0 Å². The normalized spacial score (nSPS) is 23.8. The van der Waals surface area contributed by atoms with E-state index in [-0.39, 0.29) is 0 Å². The van der Waals surface area contributed by atoms with Gasteiger partial charge in [0.25, 0.3) is 0 Å². The van der Waals surface area contributed by atoms with Crippen molar-refractivity contribution in [2.45, 2.75) is 45.1 Å². The van der Waals surface area contributed by atoms with E-state index in [2.05, 4.69) is 28.0 Å². The summed E-state index contributed by atoms with van der Waals surface area (Å²) in [6.45, 7) is 10.6. The van der Waals surface area contributed by atoms with Gasteiger partial charge in [0.1, 0.15) is 0 Å². The van der Waals surface area contributed by atoms with Crippen LogP contribution >= 0.6 is 0 Å². The Balaban J connectivity index is 1.49. The summed E-state index contributed by atoms with van der Waals surface area (Å²) in [6.07, 6.45) is 11.9. The second-order valence-corrected chi connectivity index (χ2v) is 6.59. The molecule has 3 heteroatoms. The highest BCUT2D eigenvalue weighted by atomic mass is 15.1. The first-order valence-electron chi connectivity index (χ1n) is 8.39. The molecule has 0 bridgehead atoms. The van der Waals surface area contributed by atoms with E-state index in [0.717, 1.165) is 25.6 Å². The SMILES string of the molecule is C#CCN1CCC(NCCCN2CCC(C)CC2)CC1. The standard InChI is InChI=1S/C17H31N3/c1-3-10-19-14-7-17(8-15-19)18-9-4-11-20-12-5-16(2)6-13-20/h1,16-18H,4-15H2,2H3. The van der Waals surface area contributed by atoms with Crippen molar-refractivity contribution in [1.29, 1.82) is 0 Å². The molecule has 0 aliphatic carbocycles. The lowest BCUT2D eigenvalue weighted by Gasteiger charge is -2.32. The lowest BCUT2D eigenvalue weighted by Crippen LogP contribution is -2.43. The highest BCUT2D eigenvalue weighted by Gasteiger charge is 2.18. The molecule has 0 radical (unpaired) electrons. The van der Waals surface area contributed by atoms with Gasteiger partial charge in [0.15, 0.2) is 0 Å². The van der Waals surface area contributed by atoms with Crippen LogP contribution in [0.3, 0.4) is 0 Å². The number of rotatable bonds is 6. The summed E-state index contributed by atoms with van der Waals surface area (Å²) in [7, 11) is 0. The molecule has 114 valence electrons. The third kappa shape index (κ3) is 5.44. The van der Waals surface area contributed by atoms with Gasteiger partial charge in [-0.25, -0.2) is 0 Å². The Morgan fingerprint density at radius 3 is 2.35 bits per heavy atom. The van der Waals surface area contributed by atoms with Crippen LogP contribution < -0.4 is 5.32 Å². The Kier molecular flexibility index (Phi) is 6.86. The summed E-state index contributed by atoms with van der Waals surface area (Å²) in [5.41, 5.74) is 0. The number of terminal acetylenes is 1. The van der Waals surface area contributed by atoms with Gasteiger partial charge >= 0.3 is 0 Å². The van der Waals surface area contributed by atoms with Gasteiger partial charge in [0.05, 0.1) is 6.54 Å². The van der Waals surface area contributed by atoms with Crippen molar-refractivity contribution in [2.75, 3.05) is 45.8 Å². The van der Waals surface area contributed by atoms with Gasteiger partial charge in [-0.2, -0.15) is 0 Å². The van der Waals surface area contributed by atoms with E-state index in [1.54, 1.807) is 0 Å². The molecule has 0 amide bonds. The second kappa shape index (κ2) is 8.67. The van der Waals surface area contributed by atoms with E-state index in [4.69, 9.17) is 6.42 Å². The predicted molar refractivity (Wildman–Crippen MR) is 85.8 cm³/mol. The first-order chi connectivity index (χ1) is 9.78. The Morgan fingerprint density at radius 1 is 1.05 bits per heavy atom. The molecule has 2 rings (SSSR count). The van der Waals surface area contributed by atoms with Crippen LogP contribution in [0, 0.1) is 18.3 Å². The molecular weight excluding hydrogens is 246 g/mol. The Bertz CT molecular complexity index is 294. The fourth-order valence-electron chi connectivity index (χ4n) is 3.32. The summed E-state index contributed by atoms with van der Waals surface area (Å²) < 4.78 is 0. The summed E-state index contributed by atoms with van der Waals surface area (Å²) in [5.74, 6) is 3.69. The maximum absolute atomic E-state index is 5.36. The zero-order valence-corrected chi connectivity index (χ0v) is 13.1. The summed E-state index contributed by atoms with van der Waals surface area (Å²) in [6, 6.07) is 0.713. The molecule has 2 heterocycles. The molecule has 0 atom stereocenters. The highest BCUT2D eigenvalue weighted by molar-refractivity contribution is 4.90. The highest BCUT2D eigenvalue weighted by Crippen LogP contribution is 2.15. The van der Waals surface area contributed by atoms with E-state index in [9.17, 15) is 0 Å². The monoisotopic (exact) mass is 277 g/mol. The first kappa shape index (κ1) is 15.8. The van der Waals surface area contributed by atoms with E-state index in [1.807, 2.05) is 0 Å². The van der Waals surface area contributed by atoms with Crippen LogP contribution in [0.1, 0.15) is 39.0 Å². The number of hydrogen-bond donors (Lipinski definition) is 1. The van der Waals surface area contributed by atoms with Crippen molar-refractivity contribution < 1.29 is 0 Å². The molecule has 3 nitrogen and oxygen atoms in total. The van der Waals surface area contributed by atoms with Crippen LogP contribution in [0.4, 0.5) is 0 Å². The average Bonchev–Trinajstić information content (AvgIpc) is 2.47. The maximum Gasteiger partial charge on any atom is 0.0598 e. The molecule has 2 saturated heterocycles. The average molecular weight is 277 g/mol. The molecule has 0 aromatic carbocycles. The quantitative estimate of drug-likeness (QED) is 0.590. The Hall–Kier alpha value is -0.560. The number of piperidine rings is 2. The van der Waals surface area contributed by atoms with Crippen LogP contribution in [0.2, 0.25) is 0 Å². The van der Waals surface area contributed by atoms with Crippen molar-refractivity contribution in [3.8, 4) is 12.3 Å². The zero-order chi connectivity index (χ0) is 14.2. The molecule has 0 aromatic heterocycles. The molecule has 0 aromatic rings. The number of nitrogens with zero attached hydrogens (tertiary/aromatic N) is 2. The lowest BCUT2D eigenvalue weighted by molar-refractivity contribution is 0.186. The molecular formula is C17H31N3. The van der Waals surface area contributed by atoms with Crippen molar-refractivity contribution in [2.24, 2.45) is 5.92 Å². The van der Waals surface area contributed by atoms with Crippen LogP contribution in [-0.4, -0.2) is 61.7 Å². The molecule has 2 aliphatic heterocycles. The molecule has 0 spiro atoms. The van der Waals surface area contributed by atoms with Gasteiger partial charge in [0.2, 0.25) is 0 Å². The molecule has 1 N–H and O–H groups in total. The van der Waals surface area contributed by atoms with Crippen LogP contribution in [-0.2, 0) is 0 Å². The molecule has 2 aliphatic rings. The zero-order valence-electron chi connectivity index (χ0n) is 13.1. The van der Waals surface area contributed by atoms with E-state index in [1.165, 1.54) is 58.3 Å². The van der Waals surface area contributed by atoms with E-state index >= 15 is 0 Å². The fraction of sp³-hybridized carbons (Fsp3) is 0.882. The first-order valence-corrected chi connectivity index (χ1v) is 8.39. The minimum absolute atomic E-state index is 0.713. The van der Waals surface area contributed by atoms with Crippen molar-refractivity contribution in [3.05, 3.63) is 0 Å². The fourth-order valence-corrected chi connectivity index (χ4v) is 3.32. The minimum atomic E-state index is 0.713. The van der Waals surface area contributed by atoms with E-state index in [0.29, 0.717) is 6.04 Å². The lowest BCUT2D eigenvalue weighted by atomic mass is 9.99. The largest absolute Gasteiger partial charge is 0.314 e. The summed E-state index contributed by atoms with van der Waals surface area (Å²) >= 11 is 0. The van der Waals surface area contributed by atoms with Gasteiger partial charge in [-0.05, 0) is 64.2 Å². The second-order valence-electron chi connectivity index (χ2n) is 6.59. The summed E-state index contributed by atoms with van der Waals surface area (Å²) in [4.78, 5) is 5.02. The van der Waals surface area contributed by atoms with Gasteiger partial charge in [0, 0.05) is 19.1 Å². The van der Waals surface area contributed by atoms with Crippen molar-refractivity contribution in [1.82, 2.24) is 15.1 Å². The third-order valence-electron chi connectivity index (χ3n) is 4.86.